The predicted octanol–water partition coefficient (Wildman–Crippen LogP) is 5.11. The lowest BCUT2D eigenvalue weighted by atomic mass is 10.0. The van der Waals surface area contributed by atoms with E-state index in [-0.39, 0.29) is 0 Å². The molecule has 2 aromatic carbocycles. The minimum atomic E-state index is 0.579. The summed E-state index contributed by atoms with van der Waals surface area (Å²) in [6.45, 7) is 0. The summed E-state index contributed by atoms with van der Waals surface area (Å²) in [4.78, 5) is 0. The maximum Gasteiger partial charge on any atom is 0.203 e. The first-order valence-corrected chi connectivity index (χ1v) is 9.10. The van der Waals surface area contributed by atoms with Crippen LogP contribution in [0.2, 0.25) is 0 Å². The van der Waals surface area contributed by atoms with Gasteiger partial charge in [0, 0.05) is 20.1 Å². The average Bonchev–Trinajstić information content (AvgIpc) is 3.10. The molecular formula is C18H16INO3S. The summed E-state index contributed by atoms with van der Waals surface area (Å²) in [5.41, 5.74) is 4.05. The summed E-state index contributed by atoms with van der Waals surface area (Å²) in [6, 6.07) is 12.2. The molecule has 3 rings (SSSR count). The molecule has 0 aliphatic heterocycles. The lowest BCUT2D eigenvalue weighted by molar-refractivity contribution is 0.324. The van der Waals surface area contributed by atoms with Crippen molar-refractivity contribution >= 4 is 34.1 Å². The third-order valence-corrected chi connectivity index (χ3v) is 5.01. The highest BCUT2D eigenvalue weighted by Gasteiger charge is 2.18. The molecule has 24 heavy (non-hydrogen) atoms. The van der Waals surface area contributed by atoms with Gasteiger partial charge in [-0.05, 0) is 64.0 Å². The molecule has 1 aromatic heterocycles. The molecule has 124 valence electrons. The SMILES string of the molecule is COc1cc(-c2nscc2-c2ccc(I)cc2)cc(OC)c1OC. The van der Waals surface area contributed by atoms with E-state index in [9.17, 15) is 0 Å². The molecule has 0 unspecified atom stereocenters. The first-order chi connectivity index (χ1) is 11.7. The number of hydrogen-bond donors (Lipinski definition) is 0. The fourth-order valence-corrected chi connectivity index (χ4v) is 3.57. The van der Waals surface area contributed by atoms with Crippen molar-refractivity contribution in [3.05, 3.63) is 45.3 Å². The standard InChI is InChI=1S/C18H16INO3S/c1-21-15-8-12(9-16(22-2)18(15)23-3)17-14(10-24-20-17)11-4-6-13(19)7-5-11/h4-10H,1-3H3. The maximum atomic E-state index is 5.45. The molecule has 0 spiro atoms. The number of methoxy groups -OCH3 is 3. The zero-order valence-electron chi connectivity index (χ0n) is 13.5. The zero-order valence-corrected chi connectivity index (χ0v) is 16.5. The highest BCUT2D eigenvalue weighted by atomic mass is 127. The highest BCUT2D eigenvalue weighted by Crippen LogP contribution is 2.43. The minimum absolute atomic E-state index is 0.579. The monoisotopic (exact) mass is 453 g/mol. The Morgan fingerprint density at radius 2 is 1.50 bits per heavy atom. The van der Waals surface area contributed by atoms with Gasteiger partial charge in [-0.2, -0.15) is 4.37 Å². The fourth-order valence-electron chi connectivity index (χ4n) is 2.50. The largest absolute Gasteiger partial charge is 0.493 e. The van der Waals surface area contributed by atoms with Crippen molar-refractivity contribution < 1.29 is 14.2 Å². The van der Waals surface area contributed by atoms with E-state index in [1.54, 1.807) is 21.3 Å². The number of halogens is 1. The van der Waals surface area contributed by atoms with Gasteiger partial charge in [-0.3, -0.25) is 0 Å². The summed E-state index contributed by atoms with van der Waals surface area (Å²) < 4.78 is 22.1. The molecule has 0 saturated carbocycles. The van der Waals surface area contributed by atoms with E-state index in [4.69, 9.17) is 14.2 Å². The number of benzene rings is 2. The Kier molecular flexibility index (Phi) is 5.25. The quantitative estimate of drug-likeness (QED) is 0.504. The van der Waals surface area contributed by atoms with Gasteiger partial charge in [-0.25, -0.2) is 0 Å². The van der Waals surface area contributed by atoms with Crippen LogP contribution < -0.4 is 14.2 Å². The lowest BCUT2D eigenvalue weighted by Crippen LogP contribution is -1.96. The van der Waals surface area contributed by atoms with Crippen LogP contribution in [0.1, 0.15) is 0 Å². The smallest absolute Gasteiger partial charge is 0.203 e. The van der Waals surface area contributed by atoms with Crippen LogP contribution in [0.25, 0.3) is 22.4 Å². The molecule has 3 aromatic rings. The van der Waals surface area contributed by atoms with Crippen molar-refractivity contribution in [1.29, 1.82) is 0 Å². The van der Waals surface area contributed by atoms with Crippen LogP contribution in [-0.2, 0) is 0 Å². The predicted molar refractivity (Wildman–Crippen MR) is 105 cm³/mol. The van der Waals surface area contributed by atoms with E-state index >= 15 is 0 Å². The maximum absolute atomic E-state index is 5.45. The number of rotatable bonds is 5. The Morgan fingerprint density at radius 3 is 2.04 bits per heavy atom. The summed E-state index contributed by atoms with van der Waals surface area (Å²) in [6.07, 6.45) is 0. The normalized spacial score (nSPS) is 10.5. The molecule has 0 N–H and O–H groups in total. The first kappa shape index (κ1) is 17.0. The second-order valence-corrected chi connectivity index (χ2v) is 6.87. The number of hydrogen-bond acceptors (Lipinski definition) is 5. The lowest BCUT2D eigenvalue weighted by Gasteiger charge is -2.14. The fraction of sp³-hybridized carbons (Fsp3) is 0.167. The Hall–Kier alpha value is -1.80. The Bertz CT molecular complexity index is 821. The van der Waals surface area contributed by atoms with Crippen LogP contribution in [0.4, 0.5) is 0 Å². The van der Waals surface area contributed by atoms with Gasteiger partial charge in [0.2, 0.25) is 5.75 Å². The van der Waals surface area contributed by atoms with Crippen molar-refractivity contribution in [2.75, 3.05) is 21.3 Å². The van der Waals surface area contributed by atoms with Crippen molar-refractivity contribution in [3.63, 3.8) is 0 Å². The van der Waals surface area contributed by atoms with Crippen LogP contribution in [0, 0.1) is 3.57 Å². The topological polar surface area (TPSA) is 40.6 Å². The van der Waals surface area contributed by atoms with E-state index in [1.807, 2.05) is 12.1 Å². The van der Waals surface area contributed by atoms with E-state index in [0.717, 1.165) is 22.4 Å². The van der Waals surface area contributed by atoms with E-state index in [2.05, 4.69) is 56.6 Å². The second-order valence-electron chi connectivity index (χ2n) is 5.00. The van der Waals surface area contributed by atoms with Crippen LogP contribution in [0.15, 0.2) is 41.8 Å². The molecule has 6 heteroatoms. The van der Waals surface area contributed by atoms with Crippen LogP contribution in [0.5, 0.6) is 17.2 Å². The molecule has 0 saturated heterocycles. The molecule has 0 amide bonds. The molecule has 0 fully saturated rings. The van der Waals surface area contributed by atoms with Gasteiger partial charge in [-0.15, -0.1) is 0 Å². The van der Waals surface area contributed by atoms with Crippen molar-refractivity contribution in [1.82, 2.24) is 4.37 Å². The summed E-state index contributed by atoms with van der Waals surface area (Å²) >= 11 is 3.73. The number of ether oxygens (including phenoxy) is 3. The third-order valence-electron chi connectivity index (χ3n) is 3.66. The second kappa shape index (κ2) is 7.40. The minimum Gasteiger partial charge on any atom is -0.493 e. The van der Waals surface area contributed by atoms with E-state index < -0.39 is 0 Å². The number of aromatic nitrogens is 1. The average molecular weight is 453 g/mol. The van der Waals surface area contributed by atoms with Gasteiger partial charge in [-0.1, -0.05) is 12.1 Å². The van der Waals surface area contributed by atoms with E-state index in [0.29, 0.717) is 17.2 Å². The molecule has 4 nitrogen and oxygen atoms in total. The molecule has 1 heterocycles. The van der Waals surface area contributed by atoms with Crippen molar-refractivity contribution in [3.8, 4) is 39.6 Å². The van der Waals surface area contributed by atoms with Crippen LogP contribution >= 0.6 is 34.1 Å². The van der Waals surface area contributed by atoms with Gasteiger partial charge in [0.25, 0.3) is 0 Å². The molecule has 0 radical (unpaired) electrons. The Labute approximate surface area is 158 Å². The molecule has 0 bridgehead atoms. The zero-order chi connectivity index (χ0) is 17.1. The first-order valence-electron chi connectivity index (χ1n) is 7.18. The summed E-state index contributed by atoms with van der Waals surface area (Å²) in [7, 11) is 4.82. The van der Waals surface area contributed by atoms with Crippen LogP contribution in [0.3, 0.4) is 0 Å². The van der Waals surface area contributed by atoms with Crippen molar-refractivity contribution in [2.24, 2.45) is 0 Å². The third kappa shape index (κ3) is 3.21. The van der Waals surface area contributed by atoms with Crippen molar-refractivity contribution in [2.45, 2.75) is 0 Å². The van der Waals surface area contributed by atoms with Gasteiger partial charge in [0.05, 0.1) is 27.0 Å². The highest BCUT2D eigenvalue weighted by molar-refractivity contribution is 14.1. The Balaban J connectivity index is 2.14. The summed E-state index contributed by atoms with van der Waals surface area (Å²) in [5.74, 6) is 1.82. The summed E-state index contributed by atoms with van der Waals surface area (Å²) in [5, 5.41) is 2.06. The molecular weight excluding hydrogens is 437 g/mol. The number of nitrogens with zero attached hydrogens (tertiary/aromatic N) is 1. The molecule has 0 atom stereocenters. The van der Waals surface area contributed by atoms with Gasteiger partial charge in [0.15, 0.2) is 11.5 Å². The van der Waals surface area contributed by atoms with Gasteiger partial charge in [0.1, 0.15) is 0 Å². The van der Waals surface area contributed by atoms with Gasteiger partial charge >= 0.3 is 0 Å². The van der Waals surface area contributed by atoms with E-state index in [1.165, 1.54) is 15.1 Å². The Morgan fingerprint density at radius 1 is 0.875 bits per heavy atom. The van der Waals surface area contributed by atoms with Gasteiger partial charge < -0.3 is 14.2 Å². The van der Waals surface area contributed by atoms with Crippen LogP contribution in [-0.4, -0.2) is 25.7 Å². The molecule has 0 aliphatic carbocycles. The molecule has 0 aliphatic rings.